The molecule has 2 rings (SSSR count). The third kappa shape index (κ3) is 2.98. The van der Waals surface area contributed by atoms with E-state index in [0.717, 1.165) is 38.9 Å². The average Bonchev–Trinajstić information content (AvgIpc) is 2.40. The molecule has 0 amide bonds. The summed E-state index contributed by atoms with van der Waals surface area (Å²) >= 11 is 0. The first-order valence-electron chi connectivity index (χ1n) is 6.84. The van der Waals surface area contributed by atoms with E-state index >= 15 is 0 Å². The number of carboxylic acid groups (broad SMARTS) is 1. The van der Waals surface area contributed by atoms with Gasteiger partial charge in [-0.15, -0.1) is 0 Å². The molecule has 1 saturated heterocycles. The molecule has 7 nitrogen and oxygen atoms in total. The van der Waals surface area contributed by atoms with Gasteiger partial charge in [0, 0.05) is 25.3 Å². The van der Waals surface area contributed by atoms with Crippen LogP contribution in [0.15, 0.2) is 15.8 Å². The fourth-order valence-corrected chi connectivity index (χ4v) is 2.65. The van der Waals surface area contributed by atoms with Crippen LogP contribution in [-0.4, -0.2) is 45.2 Å². The summed E-state index contributed by atoms with van der Waals surface area (Å²) in [6.07, 6.45) is 3.83. The SMILES string of the molecule is CCCN1CCC(n2cc(C(=O)O)c(=O)[nH]c2=O)CC1. The molecule has 0 saturated carbocycles. The average molecular weight is 281 g/mol. The molecule has 7 heteroatoms. The minimum Gasteiger partial charge on any atom is -0.477 e. The first-order chi connectivity index (χ1) is 9.52. The number of aromatic carboxylic acids is 1. The molecule has 0 atom stereocenters. The van der Waals surface area contributed by atoms with Crippen LogP contribution in [0.1, 0.15) is 42.6 Å². The molecule has 2 heterocycles. The molecule has 0 aromatic carbocycles. The van der Waals surface area contributed by atoms with E-state index in [4.69, 9.17) is 5.11 Å². The first kappa shape index (κ1) is 14.5. The molecule has 1 aromatic rings. The van der Waals surface area contributed by atoms with Crippen molar-refractivity contribution in [2.75, 3.05) is 19.6 Å². The zero-order valence-corrected chi connectivity index (χ0v) is 11.5. The lowest BCUT2D eigenvalue weighted by Gasteiger charge is -2.32. The van der Waals surface area contributed by atoms with Crippen molar-refractivity contribution < 1.29 is 9.90 Å². The van der Waals surface area contributed by atoms with Gasteiger partial charge in [0.1, 0.15) is 5.56 Å². The zero-order valence-electron chi connectivity index (χ0n) is 11.5. The number of H-pyrrole nitrogens is 1. The van der Waals surface area contributed by atoms with E-state index in [1.807, 2.05) is 0 Å². The highest BCUT2D eigenvalue weighted by atomic mass is 16.4. The number of carbonyl (C=O) groups is 1. The topological polar surface area (TPSA) is 95.4 Å². The van der Waals surface area contributed by atoms with Crippen LogP contribution in [-0.2, 0) is 0 Å². The standard InChI is InChI=1S/C13H19N3O4/c1-2-5-15-6-3-9(4-7-15)16-8-10(12(18)19)11(17)14-13(16)20/h8-9H,2-7H2,1H3,(H,18,19)(H,14,17,20). The smallest absolute Gasteiger partial charge is 0.342 e. The van der Waals surface area contributed by atoms with Gasteiger partial charge >= 0.3 is 11.7 Å². The van der Waals surface area contributed by atoms with E-state index in [1.54, 1.807) is 0 Å². The number of nitrogens with one attached hydrogen (secondary N) is 1. The van der Waals surface area contributed by atoms with Crippen LogP contribution in [0.4, 0.5) is 0 Å². The second-order valence-corrected chi connectivity index (χ2v) is 5.09. The Bertz CT molecular complexity index is 596. The molecule has 1 aliphatic rings. The number of aromatic nitrogens is 2. The molecule has 0 bridgehead atoms. The summed E-state index contributed by atoms with van der Waals surface area (Å²) in [6, 6.07) is -0.0504. The Kier molecular flexibility index (Phi) is 4.39. The number of likely N-dealkylation sites (tertiary alicyclic amines) is 1. The highest BCUT2D eigenvalue weighted by Gasteiger charge is 2.22. The molecular formula is C13H19N3O4. The summed E-state index contributed by atoms with van der Waals surface area (Å²) in [4.78, 5) is 38.6. The van der Waals surface area contributed by atoms with Crippen LogP contribution >= 0.6 is 0 Å². The Hall–Kier alpha value is -1.89. The largest absolute Gasteiger partial charge is 0.477 e. The predicted octanol–water partition coefficient (Wildman–Crippen LogP) is 0.282. The Labute approximate surface area is 115 Å². The van der Waals surface area contributed by atoms with Crippen LogP contribution in [0.2, 0.25) is 0 Å². The van der Waals surface area contributed by atoms with Crippen LogP contribution in [0.25, 0.3) is 0 Å². The van der Waals surface area contributed by atoms with Crippen molar-refractivity contribution in [1.29, 1.82) is 0 Å². The van der Waals surface area contributed by atoms with Gasteiger partial charge in [0.2, 0.25) is 0 Å². The maximum Gasteiger partial charge on any atom is 0.342 e. The Morgan fingerprint density at radius 3 is 2.60 bits per heavy atom. The molecule has 20 heavy (non-hydrogen) atoms. The van der Waals surface area contributed by atoms with Crippen molar-refractivity contribution >= 4 is 5.97 Å². The number of piperidine rings is 1. The molecule has 0 unspecified atom stereocenters. The maximum absolute atomic E-state index is 11.8. The van der Waals surface area contributed by atoms with E-state index < -0.39 is 17.2 Å². The van der Waals surface area contributed by atoms with E-state index in [-0.39, 0.29) is 11.6 Å². The lowest BCUT2D eigenvalue weighted by Crippen LogP contribution is -2.40. The zero-order chi connectivity index (χ0) is 14.7. The van der Waals surface area contributed by atoms with E-state index in [0.29, 0.717) is 0 Å². The number of hydrogen-bond donors (Lipinski definition) is 2. The van der Waals surface area contributed by atoms with Crippen molar-refractivity contribution in [1.82, 2.24) is 14.5 Å². The molecule has 0 radical (unpaired) electrons. The Balaban J connectivity index is 2.22. The van der Waals surface area contributed by atoms with Gasteiger partial charge in [0.15, 0.2) is 0 Å². The van der Waals surface area contributed by atoms with Crippen molar-refractivity contribution in [3.63, 3.8) is 0 Å². The number of aromatic amines is 1. The van der Waals surface area contributed by atoms with Crippen LogP contribution < -0.4 is 11.2 Å². The van der Waals surface area contributed by atoms with Gasteiger partial charge in [-0.05, 0) is 25.8 Å². The van der Waals surface area contributed by atoms with Gasteiger partial charge < -0.3 is 10.0 Å². The van der Waals surface area contributed by atoms with E-state index in [2.05, 4.69) is 16.8 Å². The van der Waals surface area contributed by atoms with Crippen LogP contribution in [0.5, 0.6) is 0 Å². The van der Waals surface area contributed by atoms with Gasteiger partial charge in [-0.1, -0.05) is 6.92 Å². The molecule has 1 aliphatic heterocycles. The van der Waals surface area contributed by atoms with Gasteiger partial charge in [-0.2, -0.15) is 0 Å². The third-order valence-corrected chi connectivity index (χ3v) is 3.69. The molecule has 0 aliphatic carbocycles. The fourth-order valence-electron chi connectivity index (χ4n) is 2.65. The van der Waals surface area contributed by atoms with Gasteiger partial charge in [0.25, 0.3) is 5.56 Å². The first-order valence-corrected chi connectivity index (χ1v) is 6.84. The predicted molar refractivity (Wildman–Crippen MR) is 73.3 cm³/mol. The van der Waals surface area contributed by atoms with Crippen LogP contribution in [0, 0.1) is 0 Å². The lowest BCUT2D eigenvalue weighted by molar-refractivity contribution is 0.0693. The number of rotatable bonds is 4. The number of nitrogens with zero attached hydrogens (tertiary/aromatic N) is 2. The second kappa shape index (κ2) is 6.04. The maximum atomic E-state index is 11.8. The second-order valence-electron chi connectivity index (χ2n) is 5.09. The highest BCUT2D eigenvalue weighted by molar-refractivity contribution is 5.86. The van der Waals surface area contributed by atoms with Gasteiger partial charge in [-0.25, -0.2) is 9.59 Å². The summed E-state index contributed by atoms with van der Waals surface area (Å²) in [5, 5.41) is 8.95. The molecule has 2 N–H and O–H groups in total. The van der Waals surface area contributed by atoms with Crippen molar-refractivity contribution in [3.05, 3.63) is 32.6 Å². The molecule has 1 fully saturated rings. The number of carboxylic acids is 1. The summed E-state index contributed by atoms with van der Waals surface area (Å²) in [5.41, 5.74) is -1.77. The number of hydrogen-bond acceptors (Lipinski definition) is 4. The summed E-state index contributed by atoms with van der Waals surface area (Å²) < 4.78 is 1.36. The Morgan fingerprint density at radius 2 is 2.05 bits per heavy atom. The van der Waals surface area contributed by atoms with Crippen molar-refractivity contribution in [3.8, 4) is 0 Å². The minimum absolute atomic E-state index is 0.0504. The summed E-state index contributed by atoms with van der Waals surface area (Å²) in [7, 11) is 0. The Morgan fingerprint density at radius 1 is 1.40 bits per heavy atom. The lowest BCUT2D eigenvalue weighted by atomic mass is 10.0. The fraction of sp³-hybridized carbons (Fsp3) is 0.615. The normalized spacial score (nSPS) is 17.2. The van der Waals surface area contributed by atoms with Crippen LogP contribution in [0.3, 0.4) is 0 Å². The van der Waals surface area contributed by atoms with Gasteiger partial charge in [-0.3, -0.25) is 14.3 Å². The third-order valence-electron chi connectivity index (χ3n) is 3.69. The molecule has 1 aromatic heterocycles. The van der Waals surface area contributed by atoms with E-state index in [9.17, 15) is 14.4 Å². The molecular weight excluding hydrogens is 262 g/mol. The van der Waals surface area contributed by atoms with E-state index in [1.165, 1.54) is 10.8 Å². The van der Waals surface area contributed by atoms with Crippen molar-refractivity contribution in [2.45, 2.75) is 32.2 Å². The minimum atomic E-state index is -1.32. The quantitative estimate of drug-likeness (QED) is 0.826. The summed E-state index contributed by atoms with van der Waals surface area (Å²) in [5.74, 6) is -1.32. The molecule has 110 valence electrons. The highest BCUT2D eigenvalue weighted by Crippen LogP contribution is 2.20. The van der Waals surface area contributed by atoms with Gasteiger partial charge in [0.05, 0.1) is 0 Å². The monoisotopic (exact) mass is 281 g/mol. The molecule has 0 spiro atoms. The van der Waals surface area contributed by atoms with Crippen molar-refractivity contribution in [2.24, 2.45) is 0 Å². The summed E-state index contributed by atoms with van der Waals surface area (Å²) in [6.45, 7) is 4.92.